The molecule has 0 bridgehead atoms. The molecule has 1 atom stereocenters. The number of aromatic nitrogens is 2. The van der Waals surface area contributed by atoms with Gasteiger partial charge in [-0.1, -0.05) is 30.3 Å². The number of fused-ring (bicyclic) bond motifs is 1. The van der Waals surface area contributed by atoms with Crippen LogP contribution in [0.4, 0.5) is 5.69 Å². The van der Waals surface area contributed by atoms with Crippen LogP contribution in [-0.2, 0) is 6.42 Å². The van der Waals surface area contributed by atoms with E-state index in [2.05, 4.69) is 57.3 Å². The number of benzene rings is 1. The van der Waals surface area contributed by atoms with Gasteiger partial charge in [-0.05, 0) is 37.3 Å². The molecule has 24 heavy (non-hydrogen) atoms. The number of aromatic amines is 1. The van der Waals surface area contributed by atoms with Crippen LogP contribution in [0.5, 0.6) is 0 Å². The van der Waals surface area contributed by atoms with Crippen molar-refractivity contribution in [3.63, 3.8) is 0 Å². The molecule has 120 valence electrons. The van der Waals surface area contributed by atoms with E-state index >= 15 is 0 Å². The van der Waals surface area contributed by atoms with Crippen molar-refractivity contribution in [2.45, 2.75) is 31.7 Å². The van der Waals surface area contributed by atoms with Gasteiger partial charge < -0.3 is 9.88 Å². The number of nitrogens with one attached hydrogen (secondary N) is 1. The van der Waals surface area contributed by atoms with Crippen molar-refractivity contribution in [1.29, 1.82) is 5.26 Å². The van der Waals surface area contributed by atoms with Gasteiger partial charge in [0.15, 0.2) is 0 Å². The summed E-state index contributed by atoms with van der Waals surface area (Å²) in [4.78, 5) is 9.99. The van der Waals surface area contributed by atoms with Gasteiger partial charge in [0, 0.05) is 25.0 Å². The molecule has 4 nitrogen and oxygen atoms in total. The second kappa shape index (κ2) is 6.37. The first-order valence-corrected chi connectivity index (χ1v) is 8.53. The number of pyridine rings is 1. The molecule has 1 unspecified atom stereocenters. The van der Waals surface area contributed by atoms with Crippen molar-refractivity contribution in [3.8, 4) is 6.07 Å². The van der Waals surface area contributed by atoms with Crippen LogP contribution in [0.15, 0.2) is 48.8 Å². The molecule has 0 radical (unpaired) electrons. The van der Waals surface area contributed by atoms with Gasteiger partial charge in [0.2, 0.25) is 0 Å². The maximum absolute atomic E-state index is 9.43. The summed E-state index contributed by atoms with van der Waals surface area (Å²) in [6.45, 7) is 1.03. The Kier molecular flexibility index (Phi) is 3.92. The number of hydrogen-bond acceptors (Lipinski definition) is 3. The summed E-state index contributed by atoms with van der Waals surface area (Å²) in [5.41, 5.74) is 3.98. The van der Waals surface area contributed by atoms with Gasteiger partial charge in [0.05, 0.1) is 16.6 Å². The first kappa shape index (κ1) is 14.8. The highest BCUT2D eigenvalue weighted by Gasteiger charge is 2.25. The van der Waals surface area contributed by atoms with E-state index in [1.165, 1.54) is 24.8 Å². The van der Waals surface area contributed by atoms with E-state index in [1.807, 2.05) is 6.20 Å². The minimum Gasteiger partial charge on any atom is -0.368 e. The lowest BCUT2D eigenvalue weighted by Crippen LogP contribution is -2.41. The summed E-state index contributed by atoms with van der Waals surface area (Å²) < 4.78 is 0. The van der Waals surface area contributed by atoms with Crippen molar-refractivity contribution in [2.75, 3.05) is 11.4 Å². The normalized spacial score (nSPS) is 17.8. The second-order valence-corrected chi connectivity index (χ2v) is 6.40. The van der Waals surface area contributed by atoms with Crippen molar-refractivity contribution in [1.82, 2.24) is 9.97 Å². The first-order chi connectivity index (χ1) is 11.9. The largest absolute Gasteiger partial charge is 0.368 e. The molecular formula is C20H20N4. The molecule has 1 fully saturated rings. The van der Waals surface area contributed by atoms with Crippen LogP contribution < -0.4 is 4.90 Å². The summed E-state index contributed by atoms with van der Waals surface area (Å²) in [6.07, 6.45) is 8.28. The van der Waals surface area contributed by atoms with Gasteiger partial charge in [-0.25, -0.2) is 4.98 Å². The molecule has 0 spiro atoms. The first-order valence-electron chi connectivity index (χ1n) is 8.53. The molecule has 0 amide bonds. The fourth-order valence-corrected chi connectivity index (χ4v) is 3.78. The van der Waals surface area contributed by atoms with Gasteiger partial charge in [-0.3, -0.25) is 0 Å². The van der Waals surface area contributed by atoms with Crippen LogP contribution in [0.1, 0.15) is 30.4 Å². The number of anilines is 1. The van der Waals surface area contributed by atoms with E-state index in [0.717, 1.165) is 29.7 Å². The van der Waals surface area contributed by atoms with Gasteiger partial charge in [0.1, 0.15) is 11.7 Å². The Balaban J connectivity index is 1.73. The Morgan fingerprint density at radius 2 is 2.08 bits per heavy atom. The molecule has 0 saturated carbocycles. The maximum atomic E-state index is 9.43. The average molecular weight is 316 g/mol. The Hall–Kier alpha value is -2.80. The van der Waals surface area contributed by atoms with Gasteiger partial charge in [-0.2, -0.15) is 5.26 Å². The van der Waals surface area contributed by atoms with Crippen LogP contribution in [0, 0.1) is 11.3 Å². The molecule has 4 rings (SSSR count). The molecular weight excluding hydrogens is 296 g/mol. The van der Waals surface area contributed by atoms with Gasteiger partial charge >= 0.3 is 0 Å². The Morgan fingerprint density at radius 1 is 1.21 bits per heavy atom. The maximum Gasteiger partial charge on any atom is 0.140 e. The van der Waals surface area contributed by atoms with Crippen molar-refractivity contribution < 1.29 is 0 Å². The van der Waals surface area contributed by atoms with Crippen LogP contribution in [0.2, 0.25) is 0 Å². The summed E-state index contributed by atoms with van der Waals surface area (Å²) in [7, 11) is 0. The molecule has 4 heteroatoms. The highest BCUT2D eigenvalue weighted by Crippen LogP contribution is 2.33. The molecule has 1 aromatic carbocycles. The number of piperidine rings is 1. The van der Waals surface area contributed by atoms with E-state index in [-0.39, 0.29) is 0 Å². The quantitative estimate of drug-likeness (QED) is 0.793. The Labute approximate surface area is 141 Å². The summed E-state index contributed by atoms with van der Waals surface area (Å²) in [6, 6.07) is 15.5. The number of nitriles is 1. The van der Waals surface area contributed by atoms with E-state index in [4.69, 9.17) is 0 Å². The zero-order valence-electron chi connectivity index (χ0n) is 13.6. The molecule has 1 aliphatic heterocycles. The smallest absolute Gasteiger partial charge is 0.140 e. The van der Waals surface area contributed by atoms with E-state index in [0.29, 0.717) is 11.6 Å². The molecule has 0 aliphatic carbocycles. The molecule has 1 aliphatic rings. The Morgan fingerprint density at radius 3 is 2.92 bits per heavy atom. The van der Waals surface area contributed by atoms with E-state index in [1.54, 1.807) is 6.20 Å². The van der Waals surface area contributed by atoms with Crippen LogP contribution >= 0.6 is 0 Å². The summed E-state index contributed by atoms with van der Waals surface area (Å²) >= 11 is 0. The number of nitrogens with zero attached hydrogens (tertiary/aromatic N) is 3. The molecule has 3 aromatic rings. The van der Waals surface area contributed by atoms with Gasteiger partial charge in [-0.15, -0.1) is 0 Å². The lowest BCUT2D eigenvalue weighted by Gasteiger charge is -2.38. The second-order valence-electron chi connectivity index (χ2n) is 6.40. The fraction of sp³-hybridized carbons (Fsp3) is 0.300. The number of H-pyrrole nitrogens is 1. The SMILES string of the molecule is N#Cc1c[nH]c2nccc(N3CCCCC3Cc3ccccc3)c12. The third-order valence-electron chi connectivity index (χ3n) is 4.92. The predicted molar refractivity (Wildman–Crippen MR) is 95.9 cm³/mol. The monoisotopic (exact) mass is 316 g/mol. The van der Waals surface area contributed by atoms with Gasteiger partial charge in [0.25, 0.3) is 0 Å². The highest BCUT2D eigenvalue weighted by molar-refractivity contribution is 5.95. The van der Waals surface area contributed by atoms with Crippen molar-refractivity contribution in [3.05, 3.63) is 59.9 Å². The van der Waals surface area contributed by atoms with Crippen molar-refractivity contribution in [2.24, 2.45) is 0 Å². The lowest BCUT2D eigenvalue weighted by molar-refractivity contribution is 0.458. The van der Waals surface area contributed by atoms with Crippen molar-refractivity contribution >= 4 is 16.7 Å². The van der Waals surface area contributed by atoms with Crippen LogP contribution in [0.25, 0.3) is 11.0 Å². The fourth-order valence-electron chi connectivity index (χ4n) is 3.78. The lowest BCUT2D eigenvalue weighted by atomic mass is 9.94. The minimum absolute atomic E-state index is 0.466. The third-order valence-corrected chi connectivity index (χ3v) is 4.92. The summed E-state index contributed by atoms with van der Waals surface area (Å²) in [5.74, 6) is 0. The molecule has 3 heterocycles. The zero-order valence-corrected chi connectivity index (χ0v) is 13.6. The predicted octanol–water partition coefficient (Wildman–Crippen LogP) is 4.04. The molecule has 1 saturated heterocycles. The van der Waals surface area contributed by atoms with E-state index in [9.17, 15) is 5.26 Å². The minimum atomic E-state index is 0.466. The van der Waals surface area contributed by atoms with Crippen LogP contribution in [0.3, 0.4) is 0 Å². The number of hydrogen-bond donors (Lipinski definition) is 1. The van der Waals surface area contributed by atoms with E-state index < -0.39 is 0 Å². The topological polar surface area (TPSA) is 55.7 Å². The molecule has 2 aromatic heterocycles. The summed E-state index contributed by atoms with van der Waals surface area (Å²) in [5, 5.41) is 10.4. The zero-order chi connectivity index (χ0) is 16.4. The number of rotatable bonds is 3. The standard InChI is InChI=1S/C20H20N4/c21-13-16-14-23-20-19(16)18(9-10-22-20)24-11-5-4-8-17(24)12-15-6-2-1-3-7-15/h1-3,6-7,9-10,14,17H,4-5,8,11-12H2,(H,22,23). The average Bonchev–Trinajstić information content (AvgIpc) is 3.06. The molecule has 1 N–H and O–H groups in total. The highest BCUT2D eigenvalue weighted by atomic mass is 15.2. The third kappa shape index (κ3) is 2.63. The Bertz CT molecular complexity index is 876. The van der Waals surface area contributed by atoms with Crippen LogP contribution in [-0.4, -0.2) is 22.6 Å².